The van der Waals surface area contributed by atoms with Gasteiger partial charge in [-0.3, -0.25) is 4.79 Å². The van der Waals surface area contributed by atoms with Gasteiger partial charge in [-0.1, -0.05) is 0 Å². The van der Waals surface area contributed by atoms with E-state index in [0.29, 0.717) is 0 Å². The first-order valence-corrected chi connectivity index (χ1v) is 18.5. The first-order valence-electron chi connectivity index (χ1n) is 18.5. The van der Waals surface area contributed by atoms with Crippen molar-refractivity contribution in [3.05, 3.63) is 0 Å². The van der Waals surface area contributed by atoms with Crippen LogP contribution in [0.5, 0.6) is 0 Å². The molecule has 0 aromatic heterocycles. The second-order valence-corrected chi connectivity index (χ2v) is 14.7. The molecule has 0 bridgehead atoms. The molecule has 16 N–H and O–H groups in total. The van der Waals surface area contributed by atoms with Crippen LogP contribution in [0.3, 0.4) is 0 Å². The van der Waals surface area contributed by atoms with Gasteiger partial charge in [0, 0.05) is 6.92 Å². The predicted octanol–water partition coefficient (Wildman–Crippen LogP) is -10.8. The maximum Gasteiger partial charge on any atom is 0.217 e. The monoisotopic (exact) mass is 853 g/mol. The number of amides is 1. The zero-order valence-corrected chi connectivity index (χ0v) is 31.1. The second kappa shape index (κ2) is 20.1. The lowest BCUT2D eigenvalue weighted by molar-refractivity contribution is -0.410. The highest BCUT2D eigenvalue weighted by molar-refractivity contribution is 5.73. The van der Waals surface area contributed by atoms with E-state index in [2.05, 4.69) is 5.32 Å². The normalized spacial score (nSPS) is 51.6. The van der Waals surface area contributed by atoms with E-state index in [-0.39, 0.29) is 0 Å². The van der Waals surface area contributed by atoms with E-state index < -0.39 is 186 Å². The van der Waals surface area contributed by atoms with Crippen molar-refractivity contribution in [1.29, 1.82) is 0 Å². The number of aliphatic hydroxyl groups is 15. The maximum atomic E-state index is 12.1. The Balaban J connectivity index is 1.55. The van der Waals surface area contributed by atoms with Crippen molar-refractivity contribution in [2.24, 2.45) is 0 Å². The molecule has 5 saturated heterocycles. The minimum absolute atomic E-state index is 0.752. The fraction of sp³-hybridized carbons (Fsp3) is 0.969. The summed E-state index contributed by atoms with van der Waals surface area (Å²) in [6, 6.07) is -1.60. The van der Waals surface area contributed by atoms with Crippen molar-refractivity contribution in [2.75, 3.05) is 26.4 Å². The summed E-state index contributed by atoms with van der Waals surface area (Å²) in [6.07, 6.45) is -44.8. The van der Waals surface area contributed by atoms with Crippen LogP contribution in [0.2, 0.25) is 0 Å². The van der Waals surface area contributed by atoms with Gasteiger partial charge in [-0.15, -0.1) is 0 Å². The van der Waals surface area contributed by atoms with E-state index in [9.17, 15) is 81.4 Å². The molecule has 0 saturated carbocycles. The number of rotatable bonds is 13. The highest BCUT2D eigenvalue weighted by Gasteiger charge is 2.58. The van der Waals surface area contributed by atoms with Crippen LogP contribution in [0.15, 0.2) is 0 Å². The van der Waals surface area contributed by atoms with Crippen molar-refractivity contribution in [2.45, 2.75) is 167 Å². The molecule has 0 aromatic carbocycles. The third-order valence-electron chi connectivity index (χ3n) is 10.7. The van der Waals surface area contributed by atoms with Crippen molar-refractivity contribution in [3.8, 4) is 0 Å². The van der Waals surface area contributed by atoms with Gasteiger partial charge < -0.3 is 125 Å². The molecular formula is C32H55NO25. The number of ether oxygens (including phenoxy) is 9. The average molecular weight is 854 g/mol. The zero-order chi connectivity index (χ0) is 42.9. The lowest BCUT2D eigenvalue weighted by Crippen LogP contribution is -2.70. The Morgan fingerprint density at radius 2 is 0.845 bits per heavy atom. The minimum atomic E-state index is -2.10. The van der Waals surface area contributed by atoms with Gasteiger partial charge in [-0.05, 0) is 6.92 Å². The third-order valence-corrected chi connectivity index (χ3v) is 10.7. The number of carbonyl (C=O) groups is 1. The summed E-state index contributed by atoms with van der Waals surface area (Å²) in [5, 5.41) is 161. The first-order chi connectivity index (χ1) is 27.4. The summed E-state index contributed by atoms with van der Waals surface area (Å²) in [7, 11) is 0. The molecule has 0 spiro atoms. The number of hydrogen-bond acceptors (Lipinski definition) is 25. The Morgan fingerprint density at radius 3 is 1.40 bits per heavy atom. The van der Waals surface area contributed by atoms with Crippen molar-refractivity contribution < 1.29 is 124 Å². The molecule has 25 atom stereocenters. The molecule has 0 radical (unpaired) electrons. The van der Waals surface area contributed by atoms with E-state index in [1.165, 1.54) is 6.92 Å². The lowest BCUT2D eigenvalue weighted by Gasteiger charge is -2.51. The fourth-order valence-corrected chi connectivity index (χ4v) is 7.32. The molecule has 5 fully saturated rings. The molecule has 0 aromatic rings. The van der Waals surface area contributed by atoms with Crippen LogP contribution in [0.4, 0.5) is 0 Å². The topological polar surface area (TPSA) is 416 Å². The van der Waals surface area contributed by atoms with Gasteiger partial charge in [-0.25, -0.2) is 0 Å². The predicted molar refractivity (Wildman–Crippen MR) is 177 cm³/mol. The van der Waals surface area contributed by atoms with Gasteiger partial charge in [0.1, 0.15) is 116 Å². The molecular weight excluding hydrogens is 798 g/mol. The number of nitrogens with one attached hydrogen (secondary N) is 1. The van der Waals surface area contributed by atoms with E-state index in [1.807, 2.05) is 0 Å². The number of carbonyl (C=O) groups excluding carboxylic acids is 1. The molecule has 0 aliphatic carbocycles. The van der Waals surface area contributed by atoms with Crippen LogP contribution < -0.4 is 5.32 Å². The number of aliphatic hydroxyl groups excluding tert-OH is 15. The molecule has 58 heavy (non-hydrogen) atoms. The Kier molecular flexibility index (Phi) is 16.5. The van der Waals surface area contributed by atoms with Crippen molar-refractivity contribution in [1.82, 2.24) is 5.32 Å². The highest BCUT2D eigenvalue weighted by Crippen LogP contribution is 2.37. The van der Waals surface area contributed by atoms with Gasteiger partial charge in [0.2, 0.25) is 5.91 Å². The van der Waals surface area contributed by atoms with Crippen LogP contribution >= 0.6 is 0 Å². The van der Waals surface area contributed by atoms with Gasteiger partial charge >= 0.3 is 0 Å². The molecule has 5 aliphatic heterocycles. The van der Waals surface area contributed by atoms with Gasteiger partial charge in [0.05, 0.1) is 32.5 Å². The third kappa shape index (κ3) is 9.75. The molecule has 1 unspecified atom stereocenters. The summed E-state index contributed by atoms with van der Waals surface area (Å²) < 4.78 is 51.6. The van der Waals surface area contributed by atoms with Gasteiger partial charge in [0.15, 0.2) is 31.5 Å². The molecule has 26 nitrogen and oxygen atoms in total. The van der Waals surface area contributed by atoms with E-state index in [0.717, 1.165) is 6.92 Å². The summed E-state index contributed by atoms with van der Waals surface area (Å²) in [5.74, 6) is -0.752. The molecule has 5 rings (SSSR count). The smallest absolute Gasteiger partial charge is 0.217 e. The van der Waals surface area contributed by atoms with Crippen LogP contribution in [-0.4, -0.2) is 262 Å². The van der Waals surface area contributed by atoms with Crippen LogP contribution in [0.1, 0.15) is 13.8 Å². The van der Waals surface area contributed by atoms with E-state index >= 15 is 0 Å². The largest absolute Gasteiger partial charge is 0.394 e. The summed E-state index contributed by atoms with van der Waals surface area (Å²) >= 11 is 0. The molecule has 5 aliphatic rings. The zero-order valence-electron chi connectivity index (χ0n) is 31.1. The molecule has 1 amide bonds. The van der Waals surface area contributed by atoms with Gasteiger partial charge in [0.25, 0.3) is 0 Å². The van der Waals surface area contributed by atoms with E-state index in [4.69, 9.17) is 42.6 Å². The Bertz CT molecular complexity index is 1310. The summed E-state index contributed by atoms with van der Waals surface area (Å²) in [5.41, 5.74) is 0. The minimum Gasteiger partial charge on any atom is -0.394 e. The SMILES string of the molecule is CC(=O)N[C@H]1C(O)O[C@H](CO)[C@H](O)[C@@H]1O[C@@H]1O[C@H](CO)[C@H](O)[C@H](O[C@H]2O[C@H](CO)[C@H](O)[C@H](O)[C@H]2O[C@@H]2O[C@H](CO)[C@H](O)[C@H](O)[C@H]2O)[C@H]1O[C@@H]1O[C@@H](C)[C@@H](O)[C@@H](O)[C@@H]1O. The first kappa shape index (κ1) is 47.6. The molecule has 338 valence electrons. The Hall–Kier alpha value is -1.49. The Labute approximate surface area is 329 Å². The van der Waals surface area contributed by atoms with Crippen LogP contribution in [0.25, 0.3) is 0 Å². The van der Waals surface area contributed by atoms with E-state index in [1.54, 1.807) is 0 Å². The summed E-state index contributed by atoms with van der Waals surface area (Å²) in [6.45, 7) is -1.39. The van der Waals surface area contributed by atoms with Crippen LogP contribution in [0, 0.1) is 0 Å². The lowest BCUT2D eigenvalue weighted by atomic mass is 9.94. The fourth-order valence-electron chi connectivity index (χ4n) is 7.32. The standard InChI is InChI=1S/C32H55NO25/c1-7-14(39)19(44)22(47)29(50-7)58-27-25(18(43)12(6-37)54-32(27)55-24-13(33-8(2)38)28(49)51-11(5-36)17(24)42)56-31-26(21(46)16(41)10(4-35)53-31)57-30-23(48)20(45)15(40)9(3-34)52-30/h7,9-32,34-37,39-49H,3-6H2,1-2H3,(H,33,38)/t7-,9+,10+,11+,12+,13+,14+,15-,16-,17-,18-,19+,20-,21-,22-,23+,24+,25-,26+,27+,28?,29-,30-,31+,32-/m0/s1. The van der Waals surface area contributed by atoms with Crippen molar-refractivity contribution in [3.63, 3.8) is 0 Å². The van der Waals surface area contributed by atoms with Crippen LogP contribution in [-0.2, 0) is 47.4 Å². The van der Waals surface area contributed by atoms with Gasteiger partial charge in [-0.2, -0.15) is 0 Å². The highest BCUT2D eigenvalue weighted by atomic mass is 16.8. The Morgan fingerprint density at radius 1 is 0.448 bits per heavy atom. The maximum absolute atomic E-state index is 12.1. The second-order valence-electron chi connectivity index (χ2n) is 14.7. The van der Waals surface area contributed by atoms with Crippen molar-refractivity contribution >= 4 is 5.91 Å². The molecule has 26 heteroatoms. The summed E-state index contributed by atoms with van der Waals surface area (Å²) in [4.78, 5) is 12.1. The quantitative estimate of drug-likeness (QED) is 0.0818. The number of hydrogen-bond donors (Lipinski definition) is 16. The molecule has 5 heterocycles. The average Bonchev–Trinajstić information content (AvgIpc) is 3.19.